The highest BCUT2D eigenvalue weighted by Crippen LogP contribution is 2.37. The zero-order chi connectivity index (χ0) is 15.5. The third kappa shape index (κ3) is 3.60. The van der Waals surface area contributed by atoms with Gasteiger partial charge in [-0.2, -0.15) is 0 Å². The number of rotatable bonds is 4. The summed E-state index contributed by atoms with van der Waals surface area (Å²) in [4.78, 5) is 4.00. The predicted molar refractivity (Wildman–Crippen MR) is 93.0 cm³/mol. The highest BCUT2D eigenvalue weighted by Gasteiger charge is 2.43. The topological polar surface area (TPSA) is 21.7 Å². The van der Waals surface area contributed by atoms with Gasteiger partial charge in [0, 0.05) is 30.9 Å². The standard InChI is InChI=1S/C19H23NO2S/c1-2-5-16(6-3-1)22-17-13-19(21-15-17)8-10-20(11-9-19)14-18-7-4-12-23-18/h1-7,12,17H,8-11,13-15H2. The minimum absolute atomic E-state index is 0.0470. The second-order valence-electron chi connectivity index (χ2n) is 6.61. The van der Waals surface area contributed by atoms with Crippen molar-refractivity contribution in [3.63, 3.8) is 0 Å². The van der Waals surface area contributed by atoms with Crippen LogP contribution in [0.1, 0.15) is 24.1 Å². The normalized spacial score (nSPS) is 24.1. The van der Waals surface area contributed by atoms with Crippen molar-refractivity contribution in [2.75, 3.05) is 19.7 Å². The summed E-state index contributed by atoms with van der Waals surface area (Å²) in [6.07, 6.45) is 3.45. The number of benzene rings is 1. The molecule has 1 atom stereocenters. The summed E-state index contributed by atoms with van der Waals surface area (Å²) in [5, 5.41) is 2.16. The molecule has 1 spiro atoms. The molecule has 4 heteroatoms. The van der Waals surface area contributed by atoms with Crippen LogP contribution in [0.25, 0.3) is 0 Å². The fourth-order valence-electron chi connectivity index (χ4n) is 3.66. The molecule has 0 amide bonds. The van der Waals surface area contributed by atoms with Gasteiger partial charge in [-0.25, -0.2) is 0 Å². The molecular formula is C19H23NO2S. The molecule has 2 aliphatic rings. The van der Waals surface area contributed by atoms with E-state index in [0.717, 1.165) is 51.3 Å². The van der Waals surface area contributed by atoms with Crippen LogP contribution >= 0.6 is 11.3 Å². The van der Waals surface area contributed by atoms with E-state index in [1.165, 1.54) is 4.88 Å². The van der Waals surface area contributed by atoms with Crippen LogP contribution in [0.15, 0.2) is 47.8 Å². The fraction of sp³-hybridized carbons (Fsp3) is 0.474. The molecule has 4 rings (SSSR count). The van der Waals surface area contributed by atoms with E-state index in [1.54, 1.807) is 0 Å². The van der Waals surface area contributed by atoms with Crippen LogP contribution in [0.4, 0.5) is 0 Å². The monoisotopic (exact) mass is 329 g/mol. The molecular weight excluding hydrogens is 306 g/mol. The second kappa shape index (κ2) is 6.63. The summed E-state index contributed by atoms with van der Waals surface area (Å²) in [7, 11) is 0. The largest absolute Gasteiger partial charge is 0.488 e. The molecule has 1 aromatic heterocycles. The van der Waals surface area contributed by atoms with Gasteiger partial charge < -0.3 is 9.47 Å². The summed E-state index contributed by atoms with van der Waals surface area (Å²) in [5.41, 5.74) is 0.0470. The maximum atomic E-state index is 6.20. The first kappa shape index (κ1) is 15.2. The van der Waals surface area contributed by atoms with Gasteiger partial charge in [0.15, 0.2) is 0 Å². The lowest BCUT2D eigenvalue weighted by Crippen LogP contribution is -2.43. The molecule has 122 valence electrons. The summed E-state index contributed by atoms with van der Waals surface area (Å²) < 4.78 is 12.3. The van der Waals surface area contributed by atoms with Crippen molar-refractivity contribution in [1.29, 1.82) is 0 Å². The number of para-hydroxylation sites is 1. The molecule has 1 aromatic carbocycles. The molecule has 2 saturated heterocycles. The van der Waals surface area contributed by atoms with E-state index < -0.39 is 0 Å². The van der Waals surface area contributed by atoms with Gasteiger partial charge in [-0.05, 0) is 36.4 Å². The SMILES string of the molecule is c1ccc(OC2COC3(CCN(Cc4cccs4)CC3)C2)cc1. The zero-order valence-electron chi connectivity index (χ0n) is 13.3. The van der Waals surface area contributed by atoms with Gasteiger partial charge in [0.1, 0.15) is 11.9 Å². The Morgan fingerprint density at radius 3 is 2.70 bits per heavy atom. The van der Waals surface area contributed by atoms with Crippen molar-refractivity contribution >= 4 is 11.3 Å². The zero-order valence-corrected chi connectivity index (χ0v) is 14.1. The third-order valence-corrected chi connectivity index (χ3v) is 5.81. The highest BCUT2D eigenvalue weighted by atomic mass is 32.1. The molecule has 0 aliphatic carbocycles. The maximum absolute atomic E-state index is 6.20. The Hall–Kier alpha value is -1.36. The molecule has 0 radical (unpaired) electrons. The summed E-state index contributed by atoms with van der Waals surface area (Å²) in [5.74, 6) is 0.952. The van der Waals surface area contributed by atoms with Crippen LogP contribution in [0.2, 0.25) is 0 Å². The summed E-state index contributed by atoms with van der Waals surface area (Å²) >= 11 is 1.85. The quantitative estimate of drug-likeness (QED) is 0.848. The Kier molecular flexibility index (Phi) is 4.38. The van der Waals surface area contributed by atoms with Gasteiger partial charge in [-0.1, -0.05) is 24.3 Å². The molecule has 2 aromatic rings. The van der Waals surface area contributed by atoms with Crippen LogP contribution in [0.5, 0.6) is 5.75 Å². The molecule has 0 bridgehead atoms. The molecule has 1 unspecified atom stereocenters. The van der Waals surface area contributed by atoms with E-state index in [4.69, 9.17) is 9.47 Å². The van der Waals surface area contributed by atoms with Crippen molar-refractivity contribution in [3.05, 3.63) is 52.7 Å². The Morgan fingerprint density at radius 2 is 1.96 bits per heavy atom. The fourth-order valence-corrected chi connectivity index (χ4v) is 4.41. The number of thiophene rings is 1. The van der Waals surface area contributed by atoms with Crippen LogP contribution in [-0.2, 0) is 11.3 Å². The maximum Gasteiger partial charge on any atom is 0.125 e. The van der Waals surface area contributed by atoms with E-state index in [2.05, 4.69) is 22.4 Å². The van der Waals surface area contributed by atoms with Crippen molar-refractivity contribution in [1.82, 2.24) is 4.90 Å². The average molecular weight is 329 g/mol. The Balaban J connectivity index is 1.29. The molecule has 3 heterocycles. The van der Waals surface area contributed by atoms with Gasteiger partial charge in [-0.15, -0.1) is 11.3 Å². The highest BCUT2D eigenvalue weighted by molar-refractivity contribution is 7.09. The molecule has 23 heavy (non-hydrogen) atoms. The molecule has 2 fully saturated rings. The van der Waals surface area contributed by atoms with E-state index in [9.17, 15) is 0 Å². The lowest BCUT2D eigenvalue weighted by Gasteiger charge is -2.38. The minimum Gasteiger partial charge on any atom is -0.488 e. The molecule has 3 nitrogen and oxygen atoms in total. The van der Waals surface area contributed by atoms with Crippen molar-refractivity contribution in [2.45, 2.75) is 37.5 Å². The van der Waals surface area contributed by atoms with Gasteiger partial charge in [0.2, 0.25) is 0 Å². The first-order valence-electron chi connectivity index (χ1n) is 8.42. The van der Waals surface area contributed by atoms with E-state index in [-0.39, 0.29) is 11.7 Å². The number of hydrogen-bond donors (Lipinski definition) is 0. The molecule has 0 N–H and O–H groups in total. The first-order chi connectivity index (χ1) is 11.3. The third-order valence-electron chi connectivity index (χ3n) is 4.95. The van der Waals surface area contributed by atoms with Crippen molar-refractivity contribution < 1.29 is 9.47 Å². The van der Waals surface area contributed by atoms with Gasteiger partial charge in [0.05, 0.1) is 12.2 Å². The second-order valence-corrected chi connectivity index (χ2v) is 7.64. The molecule has 0 saturated carbocycles. The van der Waals surface area contributed by atoms with Gasteiger partial charge in [0.25, 0.3) is 0 Å². The van der Waals surface area contributed by atoms with E-state index >= 15 is 0 Å². The first-order valence-corrected chi connectivity index (χ1v) is 9.30. The van der Waals surface area contributed by atoms with Crippen LogP contribution in [-0.4, -0.2) is 36.3 Å². The van der Waals surface area contributed by atoms with Crippen molar-refractivity contribution in [2.24, 2.45) is 0 Å². The van der Waals surface area contributed by atoms with Crippen molar-refractivity contribution in [3.8, 4) is 5.75 Å². The number of piperidine rings is 1. The minimum atomic E-state index is 0.0470. The predicted octanol–water partition coefficient (Wildman–Crippen LogP) is 3.95. The summed E-state index contributed by atoms with van der Waals surface area (Å²) in [6.45, 7) is 4.05. The Morgan fingerprint density at radius 1 is 1.13 bits per heavy atom. The van der Waals surface area contributed by atoms with Crippen LogP contribution < -0.4 is 4.74 Å². The molecule has 2 aliphatic heterocycles. The van der Waals surface area contributed by atoms with E-state index in [1.807, 2.05) is 41.7 Å². The lowest BCUT2D eigenvalue weighted by atomic mass is 9.88. The smallest absolute Gasteiger partial charge is 0.125 e. The van der Waals surface area contributed by atoms with Gasteiger partial charge >= 0.3 is 0 Å². The van der Waals surface area contributed by atoms with Crippen LogP contribution in [0.3, 0.4) is 0 Å². The van der Waals surface area contributed by atoms with E-state index in [0.29, 0.717) is 0 Å². The van der Waals surface area contributed by atoms with Crippen LogP contribution in [0, 0.1) is 0 Å². The number of hydrogen-bond acceptors (Lipinski definition) is 4. The Labute approximate surface area is 141 Å². The summed E-state index contributed by atoms with van der Waals surface area (Å²) in [6, 6.07) is 14.5. The number of ether oxygens (including phenoxy) is 2. The number of nitrogens with zero attached hydrogens (tertiary/aromatic N) is 1. The average Bonchev–Trinajstić information content (AvgIpc) is 3.22. The van der Waals surface area contributed by atoms with Gasteiger partial charge in [-0.3, -0.25) is 4.90 Å². The number of likely N-dealkylation sites (tertiary alicyclic amines) is 1. The Bertz CT molecular complexity index is 606. The lowest BCUT2D eigenvalue weighted by molar-refractivity contribution is -0.0453.